The van der Waals surface area contributed by atoms with Crippen LogP contribution in [0, 0.1) is 5.82 Å². The van der Waals surface area contributed by atoms with Crippen LogP contribution in [0.2, 0.25) is 0 Å². The van der Waals surface area contributed by atoms with E-state index in [-0.39, 0.29) is 17.4 Å². The molecule has 0 radical (unpaired) electrons. The van der Waals surface area contributed by atoms with Crippen LogP contribution in [0.1, 0.15) is 45.7 Å². The first-order chi connectivity index (χ1) is 6.92. The Balaban J connectivity index is 2.83. The number of rotatable bonds is 3. The minimum absolute atomic E-state index is 0.0486. The Hall–Kier alpha value is -0.890. The molecule has 0 aliphatic heterocycles. The first-order valence-corrected chi connectivity index (χ1v) is 5.45. The number of halogens is 1. The Kier molecular flexibility index (Phi) is 3.86. The largest absolute Gasteiger partial charge is 0.305 e. The lowest BCUT2D eigenvalue weighted by Crippen LogP contribution is -2.38. The van der Waals surface area contributed by atoms with Crippen molar-refractivity contribution in [3.05, 3.63) is 35.6 Å². The second-order valence-corrected chi connectivity index (χ2v) is 4.91. The molecule has 0 bridgehead atoms. The van der Waals surface area contributed by atoms with Crippen molar-refractivity contribution in [3.63, 3.8) is 0 Å². The zero-order valence-electron chi connectivity index (χ0n) is 9.97. The topological polar surface area (TPSA) is 12.0 Å². The number of hydrogen-bond acceptors (Lipinski definition) is 1. The van der Waals surface area contributed by atoms with Gasteiger partial charge in [-0.3, -0.25) is 0 Å². The third-order valence-corrected chi connectivity index (χ3v) is 2.27. The van der Waals surface area contributed by atoms with E-state index in [4.69, 9.17) is 0 Å². The molecule has 15 heavy (non-hydrogen) atoms. The van der Waals surface area contributed by atoms with Crippen LogP contribution >= 0.6 is 0 Å². The fourth-order valence-corrected chi connectivity index (χ4v) is 1.67. The van der Waals surface area contributed by atoms with Crippen LogP contribution in [-0.4, -0.2) is 5.54 Å². The molecule has 1 nitrogen and oxygen atoms in total. The smallest absolute Gasteiger partial charge is 0.123 e. The Labute approximate surface area is 91.7 Å². The van der Waals surface area contributed by atoms with Crippen molar-refractivity contribution >= 4 is 0 Å². The van der Waals surface area contributed by atoms with Crippen molar-refractivity contribution < 1.29 is 4.39 Å². The van der Waals surface area contributed by atoms with Gasteiger partial charge in [-0.05, 0) is 44.9 Å². The van der Waals surface area contributed by atoms with Crippen LogP contribution in [0.4, 0.5) is 4.39 Å². The molecule has 2 heteroatoms. The van der Waals surface area contributed by atoms with Gasteiger partial charge in [0.05, 0.1) is 0 Å². The molecule has 1 N–H and O–H groups in total. The highest BCUT2D eigenvalue weighted by atomic mass is 19.1. The Morgan fingerprint density at radius 2 is 2.00 bits per heavy atom. The second kappa shape index (κ2) is 4.75. The van der Waals surface area contributed by atoms with E-state index in [9.17, 15) is 4.39 Å². The lowest BCUT2D eigenvalue weighted by Gasteiger charge is -2.28. The summed E-state index contributed by atoms with van der Waals surface area (Å²) in [5.41, 5.74) is 1.07. The average molecular weight is 209 g/mol. The van der Waals surface area contributed by atoms with E-state index in [2.05, 4.69) is 33.0 Å². The third kappa shape index (κ3) is 4.00. The predicted octanol–water partition coefficient (Wildman–Crippen LogP) is 3.66. The third-order valence-electron chi connectivity index (χ3n) is 2.27. The summed E-state index contributed by atoms with van der Waals surface area (Å²) >= 11 is 0. The van der Waals surface area contributed by atoms with Gasteiger partial charge < -0.3 is 5.32 Å². The zero-order chi connectivity index (χ0) is 11.5. The highest BCUT2D eigenvalue weighted by Crippen LogP contribution is 2.20. The summed E-state index contributed by atoms with van der Waals surface area (Å²) in [6.45, 7) is 8.47. The molecule has 0 saturated heterocycles. The van der Waals surface area contributed by atoms with Gasteiger partial charge in [-0.15, -0.1) is 0 Å². The summed E-state index contributed by atoms with van der Waals surface area (Å²) in [5, 5.41) is 3.48. The fourth-order valence-electron chi connectivity index (χ4n) is 1.67. The first kappa shape index (κ1) is 12.2. The van der Waals surface area contributed by atoms with E-state index in [1.54, 1.807) is 12.1 Å². The Morgan fingerprint density at radius 1 is 1.33 bits per heavy atom. The molecule has 0 amide bonds. The van der Waals surface area contributed by atoms with E-state index in [0.29, 0.717) is 0 Å². The van der Waals surface area contributed by atoms with Crippen LogP contribution < -0.4 is 5.32 Å². The van der Waals surface area contributed by atoms with Gasteiger partial charge in [-0.1, -0.05) is 19.1 Å². The van der Waals surface area contributed by atoms with Gasteiger partial charge in [0, 0.05) is 11.6 Å². The molecule has 1 aromatic carbocycles. The molecule has 0 saturated carbocycles. The molecule has 0 fully saturated rings. The molecule has 1 unspecified atom stereocenters. The quantitative estimate of drug-likeness (QED) is 0.801. The van der Waals surface area contributed by atoms with E-state index < -0.39 is 0 Å². The minimum Gasteiger partial charge on any atom is -0.305 e. The van der Waals surface area contributed by atoms with Gasteiger partial charge in [0.2, 0.25) is 0 Å². The van der Waals surface area contributed by atoms with Crippen molar-refractivity contribution in [1.29, 1.82) is 0 Å². The molecular formula is C13H20FN. The van der Waals surface area contributed by atoms with Crippen molar-refractivity contribution in [2.45, 2.75) is 45.7 Å². The summed E-state index contributed by atoms with van der Waals surface area (Å²) in [4.78, 5) is 0. The summed E-state index contributed by atoms with van der Waals surface area (Å²) in [6, 6.07) is 7.04. The molecule has 1 atom stereocenters. The summed E-state index contributed by atoms with van der Waals surface area (Å²) in [7, 11) is 0. The number of benzene rings is 1. The standard InChI is InChI=1S/C13H20FN/c1-5-12(15-13(2,3)4)10-7-6-8-11(14)9-10/h6-9,12,15H,5H2,1-4H3. The molecule has 84 valence electrons. The summed E-state index contributed by atoms with van der Waals surface area (Å²) in [5.74, 6) is -0.165. The van der Waals surface area contributed by atoms with E-state index >= 15 is 0 Å². The lowest BCUT2D eigenvalue weighted by atomic mass is 10.00. The Morgan fingerprint density at radius 3 is 2.47 bits per heavy atom. The van der Waals surface area contributed by atoms with E-state index in [1.807, 2.05) is 6.07 Å². The SMILES string of the molecule is CCC(NC(C)(C)C)c1cccc(F)c1. The molecule has 0 aliphatic rings. The van der Waals surface area contributed by atoms with Crippen LogP contribution in [0.25, 0.3) is 0 Å². The maximum absolute atomic E-state index is 13.1. The zero-order valence-corrected chi connectivity index (χ0v) is 9.97. The molecule has 0 spiro atoms. The summed E-state index contributed by atoms with van der Waals surface area (Å²) < 4.78 is 13.1. The average Bonchev–Trinajstić information content (AvgIpc) is 2.13. The molecule has 1 rings (SSSR count). The van der Waals surface area contributed by atoms with Gasteiger partial charge in [-0.25, -0.2) is 4.39 Å². The van der Waals surface area contributed by atoms with Gasteiger partial charge in [0.15, 0.2) is 0 Å². The van der Waals surface area contributed by atoms with Crippen LogP contribution in [0.5, 0.6) is 0 Å². The summed E-state index contributed by atoms with van der Waals surface area (Å²) in [6.07, 6.45) is 0.959. The number of hydrogen-bond donors (Lipinski definition) is 1. The maximum Gasteiger partial charge on any atom is 0.123 e. The van der Waals surface area contributed by atoms with Crippen molar-refractivity contribution in [2.24, 2.45) is 0 Å². The number of nitrogens with one attached hydrogen (secondary N) is 1. The van der Waals surface area contributed by atoms with Gasteiger partial charge >= 0.3 is 0 Å². The molecule has 0 heterocycles. The highest BCUT2D eigenvalue weighted by Gasteiger charge is 2.17. The molecule has 1 aromatic rings. The molecular weight excluding hydrogens is 189 g/mol. The fraction of sp³-hybridized carbons (Fsp3) is 0.538. The lowest BCUT2D eigenvalue weighted by molar-refractivity contribution is 0.356. The normalized spacial score (nSPS) is 13.9. The van der Waals surface area contributed by atoms with Gasteiger partial charge in [0.1, 0.15) is 5.82 Å². The van der Waals surface area contributed by atoms with Crippen LogP contribution in [-0.2, 0) is 0 Å². The van der Waals surface area contributed by atoms with Gasteiger partial charge in [0.25, 0.3) is 0 Å². The molecule has 0 aliphatic carbocycles. The van der Waals surface area contributed by atoms with Crippen molar-refractivity contribution in [3.8, 4) is 0 Å². The monoisotopic (exact) mass is 209 g/mol. The first-order valence-electron chi connectivity index (χ1n) is 5.45. The van der Waals surface area contributed by atoms with Crippen molar-refractivity contribution in [1.82, 2.24) is 5.32 Å². The second-order valence-electron chi connectivity index (χ2n) is 4.91. The van der Waals surface area contributed by atoms with E-state index in [0.717, 1.165) is 12.0 Å². The van der Waals surface area contributed by atoms with Gasteiger partial charge in [-0.2, -0.15) is 0 Å². The van der Waals surface area contributed by atoms with Crippen molar-refractivity contribution in [2.75, 3.05) is 0 Å². The van der Waals surface area contributed by atoms with Crippen LogP contribution in [0.15, 0.2) is 24.3 Å². The molecule has 0 aromatic heterocycles. The maximum atomic E-state index is 13.1. The highest BCUT2D eigenvalue weighted by molar-refractivity contribution is 5.20. The Bertz CT molecular complexity index is 315. The van der Waals surface area contributed by atoms with Crippen LogP contribution in [0.3, 0.4) is 0 Å². The minimum atomic E-state index is -0.165. The van der Waals surface area contributed by atoms with E-state index in [1.165, 1.54) is 6.07 Å². The predicted molar refractivity (Wildman–Crippen MR) is 62.3 cm³/mol.